The lowest BCUT2D eigenvalue weighted by atomic mass is 10.1. The molecule has 138 valence electrons. The third kappa shape index (κ3) is 2.61. The minimum absolute atomic E-state index is 0.672. The number of hydrogen-bond donors (Lipinski definition) is 2. The number of thiophene rings is 1. The average Bonchev–Trinajstić information content (AvgIpc) is 3.52. The first kappa shape index (κ1) is 16.1. The van der Waals surface area contributed by atoms with Gasteiger partial charge in [0.25, 0.3) is 0 Å². The van der Waals surface area contributed by atoms with Crippen LogP contribution >= 0.6 is 11.3 Å². The summed E-state index contributed by atoms with van der Waals surface area (Å²) in [7, 11) is 0. The van der Waals surface area contributed by atoms with Crippen LogP contribution in [-0.4, -0.2) is 35.1 Å². The van der Waals surface area contributed by atoms with Crippen molar-refractivity contribution in [1.82, 2.24) is 35.1 Å². The fourth-order valence-corrected chi connectivity index (χ4v) is 4.20. The maximum atomic E-state index is 4.70. The molecular formula is C21H13N7S. The van der Waals surface area contributed by atoms with E-state index in [2.05, 4.69) is 41.6 Å². The minimum Gasteiger partial charge on any atom is -0.335 e. The Balaban J connectivity index is 1.53. The fourth-order valence-electron chi connectivity index (χ4n) is 3.44. The summed E-state index contributed by atoms with van der Waals surface area (Å²) in [6, 6.07) is 12.0. The number of imidazole rings is 1. The van der Waals surface area contributed by atoms with Gasteiger partial charge in [0.15, 0.2) is 11.5 Å². The molecule has 0 aromatic carbocycles. The molecule has 0 amide bonds. The second-order valence-corrected chi connectivity index (χ2v) is 7.49. The van der Waals surface area contributed by atoms with Crippen LogP contribution in [0.3, 0.4) is 0 Å². The van der Waals surface area contributed by atoms with Crippen LogP contribution in [0.25, 0.3) is 55.3 Å². The molecule has 0 unspecified atom stereocenters. The zero-order chi connectivity index (χ0) is 19.2. The van der Waals surface area contributed by atoms with Crippen molar-refractivity contribution >= 4 is 33.4 Å². The Bertz CT molecular complexity index is 1450. The number of pyridine rings is 3. The molecule has 6 heterocycles. The summed E-state index contributed by atoms with van der Waals surface area (Å²) in [5.74, 6) is 0.676. The van der Waals surface area contributed by atoms with Gasteiger partial charge in [-0.15, -0.1) is 11.3 Å². The predicted octanol–water partition coefficient (Wildman–Crippen LogP) is 4.69. The topological polar surface area (TPSA) is 96.0 Å². The van der Waals surface area contributed by atoms with Crippen LogP contribution < -0.4 is 0 Å². The highest BCUT2D eigenvalue weighted by Crippen LogP contribution is 2.33. The van der Waals surface area contributed by atoms with Gasteiger partial charge in [0, 0.05) is 40.0 Å². The third-order valence-electron chi connectivity index (χ3n) is 4.83. The van der Waals surface area contributed by atoms with Gasteiger partial charge < -0.3 is 4.98 Å². The summed E-state index contributed by atoms with van der Waals surface area (Å²) in [5.41, 5.74) is 6.12. The summed E-state index contributed by atoms with van der Waals surface area (Å²) in [5, 5.41) is 10.6. The summed E-state index contributed by atoms with van der Waals surface area (Å²) >= 11 is 1.69. The van der Waals surface area contributed by atoms with Crippen LogP contribution in [0.1, 0.15) is 0 Å². The fraction of sp³-hybridized carbons (Fsp3) is 0. The quantitative estimate of drug-likeness (QED) is 0.453. The molecule has 0 aliphatic heterocycles. The van der Waals surface area contributed by atoms with Gasteiger partial charge in [-0.1, -0.05) is 6.07 Å². The highest BCUT2D eigenvalue weighted by molar-refractivity contribution is 7.13. The SMILES string of the molecule is c1csc(-c2ccnc3nc(-c4n[nH]c5cnc(-c6ccncc6)cc45)[nH]c23)c1. The first-order valence-electron chi connectivity index (χ1n) is 9.00. The van der Waals surface area contributed by atoms with Gasteiger partial charge in [0.05, 0.1) is 22.9 Å². The molecule has 6 aromatic rings. The van der Waals surface area contributed by atoms with Crippen molar-refractivity contribution in [3.8, 4) is 33.2 Å². The van der Waals surface area contributed by atoms with Gasteiger partial charge in [-0.25, -0.2) is 9.97 Å². The number of rotatable bonds is 3. The number of aromatic nitrogens is 7. The van der Waals surface area contributed by atoms with E-state index >= 15 is 0 Å². The van der Waals surface area contributed by atoms with Crippen molar-refractivity contribution in [3.63, 3.8) is 0 Å². The van der Waals surface area contributed by atoms with E-state index in [1.165, 1.54) is 4.88 Å². The van der Waals surface area contributed by atoms with Crippen LogP contribution in [0, 0.1) is 0 Å². The second-order valence-electron chi connectivity index (χ2n) is 6.54. The lowest BCUT2D eigenvalue weighted by Crippen LogP contribution is -1.85. The van der Waals surface area contributed by atoms with Gasteiger partial charge in [-0.2, -0.15) is 5.10 Å². The summed E-state index contributed by atoms with van der Waals surface area (Å²) in [6.45, 7) is 0. The average molecular weight is 395 g/mol. The Hall–Kier alpha value is -3.91. The number of nitrogens with one attached hydrogen (secondary N) is 2. The molecule has 0 aliphatic carbocycles. The van der Waals surface area contributed by atoms with E-state index in [0.717, 1.165) is 38.9 Å². The van der Waals surface area contributed by atoms with Gasteiger partial charge in [0.2, 0.25) is 0 Å². The Morgan fingerprint density at radius 3 is 2.76 bits per heavy atom. The van der Waals surface area contributed by atoms with Gasteiger partial charge in [-0.05, 0) is 35.7 Å². The van der Waals surface area contributed by atoms with Gasteiger partial charge >= 0.3 is 0 Å². The number of hydrogen-bond acceptors (Lipinski definition) is 6. The van der Waals surface area contributed by atoms with E-state index in [1.807, 2.05) is 30.3 Å². The molecule has 0 radical (unpaired) electrons. The largest absolute Gasteiger partial charge is 0.335 e. The zero-order valence-electron chi connectivity index (χ0n) is 15.0. The smallest absolute Gasteiger partial charge is 0.178 e. The Morgan fingerprint density at radius 2 is 1.90 bits per heavy atom. The van der Waals surface area contributed by atoms with Crippen molar-refractivity contribution < 1.29 is 0 Å². The zero-order valence-corrected chi connectivity index (χ0v) is 15.8. The molecule has 0 spiro atoms. The monoisotopic (exact) mass is 395 g/mol. The van der Waals surface area contributed by atoms with Crippen LogP contribution in [0.5, 0.6) is 0 Å². The predicted molar refractivity (Wildman–Crippen MR) is 113 cm³/mol. The maximum absolute atomic E-state index is 4.70. The second kappa shape index (κ2) is 6.32. The molecule has 8 heteroatoms. The van der Waals surface area contributed by atoms with Crippen molar-refractivity contribution in [2.75, 3.05) is 0 Å². The van der Waals surface area contributed by atoms with Crippen LogP contribution in [-0.2, 0) is 0 Å². The first-order chi connectivity index (χ1) is 14.4. The van der Waals surface area contributed by atoms with E-state index in [9.17, 15) is 0 Å². The lowest BCUT2D eigenvalue weighted by Gasteiger charge is -2.00. The maximum Gasteiger partial charge on any atom is 0.178 e. The van der Waals surface area contributed by atoms with Crippen molar-refractivity contribution in [2.24, 2.45) is 0 Å². The van der Waals surface area contributed by atoms with Crippen LogP contribution in [0.15, 0.2) is 66.6 Å². The van der Waals surface area contributed by atoms with Crippen LogP contribution in [0.4, 0.5) is 0 Å². The molecule has 6 rings (SSSR count). The minimum atomic E-state index is 0.672. The molecular weight excluding hydrogens is 382 g/mol. The van der Waals surface area contributed by atoms with Crippen molar-refractivity contribution in [2.45, 2.75) is 0 Å². The van der Waals surface area contributed by atoms with Gasteiger partial charge in [0.1, 0.15) is 5.69 Å². The number of fused-ring (bicyclic) bond motifs is 2. The van der Waals surface area contributed by atoms with E-state index in [0.29, 0.717) is 11.5 Å². The Morgan fingerprint density at radius 1 is 0.966 bits per heavy atom. The number of aromatic amines is 2. The Kier molecular flexibility index (Phi) is 3.50. The molecule has 29 heavy (non-hydrogen) atoms. The highest BCUT2D eigenvalue weighted by atomic mass is 32.1. The van der Waals surface area contributed by atoms with Gasteiger partial charge in [-0.3, -0.25) is 15.1 Å². The summed E-state index contributed by atoms with van der Waals surface area (Å²) in [6.07, 6.45) is 7.10. The van der Waals surface area contributed by atoms with E-state index < -0.39 is 0 Å². The van der Waals surface area contributed by atoms with E-state index in [4.69, 9.17) is 4.98 Å². The molecule has 0 atom stereocenters. The lowest BCUT2D eigenvalue weighted by molar-refractivity contribution is 1.10. The molecule has 0 saturated carbocycles. The normalized spacial score (nSPS) is 11.4. The van der Waals surface area contributed by atoms with Crippen molar-refractivity contribution in [3.05, 3.63) is 66.6 Å². The number of H-pyrrole nitrogens is 2. The molecule has 0 saturated heterocycles. The molecule has 6 aromatic heterocycles. The number of nitrogens with zero attached hydrogens (tertiary/aromatic N) is 5. The first-order valence-corrected chi connectivity index (χ1v) is 9.88. The molecule has 0 aliphatic rings. The summed E-state index contributed by atoms with van der Waals surface area (Å²) in [4.78, 5) is 22.3. The van der Waals surface area contributed by atoms with Crippen LogP contribution in [0.2, 0.25) is 0 Å². The molecule has 2 N–H and O–H groups in total. The molecule has 0 bridgehead atoms. The standard InChI is InChI=1S/C21H13N7S/c1-2-17(29-9-1)13-5-8-23-20-18(13)25-21(26-20)19-14-10-15(12-3-6-22-7-4-12)24-11-16(14)27-28-19/h1-11H,(H,27,28)(H,23,25,26). The molecule has 0 fully saturated rings. The molecule has 7 nitrogen and oxygen atoms in total. The highest BCUT2D eigenvalue weighted by Gasteiger charge is 2.16. The summed E-state index contributed by atoms with van der Waals surface area (Å²) < 4.78 is 0. The van der Waals surface area contributed by atoms with Crippen molar-refractivity contribution in [1.29, 1.82) is 0 Å². The van der Waals surface area contributed by atoms with E-state index in [-0.39, 0.29) is 0 Å². The Labute approximate surface area is 168 Å². The van der Waals surface area contributed by atoms with E-state index in [1.54, 1.807) is 36.1 Å². The third-order valence-corrected chi connectivity index (χ3v) is 5.73.